The topological polar surface area (TPSA) is 67.9 Å². The number of thiophene rings is 1. The molecule has 0 spiro atoms. The summed E-state index contributed by atoms with van der Waals surface area (Å²) in [6.45, 7) is 1.97. The van der Waals surface area contributed by atoms with Crippen LogP contribution in [0.2, 0.25) is 0 Å². The Morgan fingerprint density at radius 2 is 1.77 bits per heavy atom. The average Bonchev–Trinajstić information content (AvgIpc) is 3.57. The monoisotopic (exact) mass is 492 g/mol. The number of carbonyl (C=O) groups excluding carboxylic acids is 2. The summed E-state index contributed by atoms with van der Waals surface area (Å²) in [7, 11) is 3.13. The molecular formula is C28H32N2O4S. The second-order valence-corrected chi connectivity index (χ2v) is 9.84. The van der Waals surface area contributed by atoms with Crippen LogP contribution in [0, 0.1) is 6.92 Å². The van der Waals surface area contributed by atoms with E-state index in [0.717, 1.165) is 41.7 Å². The van der Waals surface area contributed by atoms with Crippen molar-refractivity contribution >= 4 is 28.8 Å². The summed E-state index contributed by atoms with van der Waals surface area (Å²) in [6.07, 6.45) is 4.34. The van der Waals surface area contributed by atoms with Crippen LogP contribution in [-0.2, 0) is 16.0 Å². The molecular weight excluding hydrogens is 460 g/mol. The number of carbonyl (C=O) groups is 2. The minimum Gasteiger partial charge on any atom is -0.493 e. The smallest absolute Gasteiger partial charge is 0.248 e. The molecule has 2 amide bonds. The Labute approximate surface area is 210 Å². The van der Waals surface area contributed by atoms with E-state index in [2.05, 4.69) is 5.32 Å². The van der Waals surface area contributed by atoms with E-state index in [9.17, 15) is 9.59 Å². The largest absolute Gasteiger partial charge is 0.493 e. The molecule has 35 heavy (non-hydrogen) atoms. The van der Waals surface area contributed by atoms with Crippen LogP contribution in [0.15, 0.2) is 60.0 Å². The quantitative estimate of drug-likeness (QED) is 0.431. The van der Waals surface area contributed by atoms with E-state index in [0.29, 0.717) is 17.2 Å². The number of aryl methyl sites for hydroxylation is 1. The minimum absolute atomic E-state index is 0.133. The molecule has 0 radical (unpaired) electrons. The maximum atomic E-state index is 13.9. The van der Waals surface area contributed by atoms with Gasteiger partial charge in [0.25, 0.3) is 0 Å². The summed E-state index contributed by atoms with van der Waals surface area (Å²) in [6, 6.07) is 16.3. The van der Waals surface area contributed by atoms with Gasteiger partial charge in [-0.3, -0.25) is 14.5 Å². The summed E-state index contributed by atoms with van der Waals surface area (Å²) in [5, 5.41) is 5.19. The third-order valence-corrected chi connectivity index (χ3v) is 7.39. The Bertz CT molecular complexity index is 1160. The fourth-order valence-electron chi connectivity index (χ4n) is 4.70. The molecule has 1 atom stereocenters. The zero-order valence-corrected chi connectivity index (χ0v) is 21.3. The van der Waals surface area contributed by atoms with E-state index in [1.54, 1.807) is 31.3 Å². The normalized spacial score (nSPS) is 14.4. The number of hydrogen-bond acceptors (Lipinski definition) is 5. The Morgan fingerprint density at radius 1 is 1.03 bits per heavy atom. The molecule has 1 fully saturated rings. The molecule has 7 heteroatoms. The number of nitrogens with one attached hydrogen (secondary N) is 1. The maximum absolute atomic E-state index is 13.9. The highest BCUT2D eigenvalue weighted by atomic mass is 32.1. The van der Waals surface area contributed by atoms with E-state index in [1.165, 1.54) is 11.3 Å². The van der Waals surface area contributed by atoms with Gasteiger partial charge < -0.3 is 14.8 Å². The number of benzene rings is 2. The predicted octanol–water partition coefficient (Wildman–Crippen LogP) is 5.45. The molecule has 1 N–H and O–H groups in total. The Morgan fingerprint density at radius 3 is 2.43 bits per heavy atom. The van der Waals surface area contributed by atoms with Gasteiger partial charge in [-0.15, -0.1) is 11.3 Å². The molecule has 1 heterocycles. The molecule has 1 aliphatic carbocycles. The zero-order valence-electron chi connectivity index (χ0n) is 20.5. The van der Waals surface area contributed by atoms with E-state index in [4.69, 9.17) is 9.47 Å². The van der Waals surface area contributed by atoms with Gasteiger partial charge in [0.1, 0.15) is 6.04 Å². The highest BCUT2D eigenvalue weighted by molar-refractivity contribution is 7.10. The molecule has 4 rings (SSSR count). The highest BCUT2D eigenvalue weighted by Crippen LogP contribution is 2.37. The lowest BCUT2D eigenvalue weighted by Gasteiger charge is -2.33. The number of nitrogens with zero attached hydrogens (tertiary/aromatic N) is 1. The summed E-state index contributed by atoms with van der Waals surface area (Å²) in [4.78, 5) is 30.4. The number of amides is 2. The van der Waals surface area contributed by atoms with Crippen LogP contribution in [0.4, 0.5) is 5.69 Å². The fourth-order valence-corrected chi connectivity index (χ4v) is 5.40. The summed E-state index contributed by atoms with van der Waals surface area (Å²) >= 11 is 1.53. The Kier molecular flexibility index (Phi) is 8.08. The van der Waals surface area contributed by atoms with Crippen LogP contribution in [0.5, 0.6) is 11.5 Å². The first-order chi connectivity index (χ1) is 17.0. The van der Waals surface area contributed by atoms with Gasteiger partial charge in [0, 0.05) is 22.7 Å². The van der Waals surface area contributed by atoms with E-state index >= 15 is 0 Å². The standard InChI is InChI=1S/C28H32N2O4S/c1-19-9-4-7-13-23(19)27(28(32)29-20-10-5-6-11-20)30(26(31)18-22-12-8-16-35-22)21-14-15-24(33-2)25(17-21)34-3/h4,7-9,12-17,20,27H,5-6,10-11,18H2,1-3H3,(H,29,32). The van der Waals surface area contributed by atoms with E-state index < -0.39 is 6.04 Å². The van der Waals surface area contributed by atoms with Crippen molar-refractivity contribution in [3.8, 4) is 11.5 Å². The van der Waals surface area contributed by atoms with Gasteiger partial charge in [0.05, 0.1) is 20.6 Å². The minimum atomic E-state index is -0.817. The van der Waals surface area contributed by atoms with E-state index in [1.807, 2.05) is 54.8 Å². The van der Waals surface area contributed by atoms with Gasteiger partial charge in [-0.25, -0.2) is 0 Å². The van der Waals surface area contributed by atoms with Crippen molar-refractivity contribution in [1.29, 1.82) is 0 Å². The molecule has 184 valence electrons. The Hall–Kier alpha value is -3.32. The van der Waals surface area contributed by atoms with Crippen molar-refractivity contribution in [2.24, 2.45) is 0 Å². The van der Waals surface area contributed by atoms with Crippen LogP contribution < -0.4 is 19.7 Å². The van der Waals surface area contributed by atoms with Gasteiger partial charge in [0.15, 0.2) is 11.5 Å². The molecule has 1 saturated carbocycles. The Balaban J connectivity index is 1.82. The number of anilines is 1. The van der Waals surface area contributed by atoms with Crippen LogP contribution in [0.25, 0.3) is 0 Å². The lowest BCUT2D eigenvalue weighted by molar-refractivity contribution is -0.127. The summed E-state index contributed by atoms with van der Waals surface area (Å²) < 4.78 is 10.9. The first kappa shape index (κ1) is 24.8. The van der Waals surface area contributed by atoms with Crippen LogP contribution >= 0.6 is 11.3 Å². The fraction of sp³-hybridized carbons (Fsp3) is 0.357. The van der Waals surface area contributed by atoms with Crippen molar-refractivity contribution in [3.63, 3.8) is 0 Å². The number of ether oxygens (including phenoxy) is 2. The third kappa shape index (κ3) is 5.68. The molecule has 0 bridgehead atoms. The molecule has 3 aromatic rings. The lowest BCUT2D eigenvalue weighted by Crippen LogP contribution is -2.47. The van der Waals surface area contributed by atoms with Crippen molar-refractivity contribution in [1.82, 2.24) is 5.32 Å². The highest BCUT2D eigenvalue weighted by Gasteiger charge is 2.35. The third-order valence-electron chi connectivity index (χ3n) is 6.51. The van der Waals surface area contributed by atoms with Crippen molar-refractivity contribution in [2.45, 2.75) is 51.1 Å². The zero-order chi connectivity index (χ0) is 24.8. The first-order valence-corrected chi connectivity index (χ1v) is 12.8. The molecule has 2 aromatic carbocycles. The first-order valence-electron chi connectivity index (χ1n) is 11.9. The number of rotatable bonds is 9. The molecule has 0 aliphatic heterocycles. The van der Waals surface area contributed by atoms with Gasteiger partial charge in [-0.2, -0.15) is 0 Å². The second kappa shape index (κ2) is 11.4. The van der Waals surface area contributed by atoms with Gasteiger partial charge in [-0.1, -0.05) is 43.2 Å². The summed E-state index contributed by atoms with van der Waals surface area (Å²) in [5.41, 5.74) is 2.34. The van der Waals surface area contributed by atoms with E-state index in [-0.39, 0.29) is 24.3 Å². The van der Waals surface area contributed by atoms with Crippen molar-refractivity contribution < 1.29 is 19.1 Å². The predicted molar refractivity (Wildman–Crippen MR) is 139 cm³/mol. The molecule has 0 saturated heterocycles. The van der Waals surface area contributed by atoms with Gasteiger partial charge >= 0.3 is 0 Å². The molecule has 1 aromatic heterocycles. The molecule has 1 unspecified atom stereocenters. The van der Waals surface area contributed by atoms with Gasteiger partial charge in [0.2, 0.25) is 11.8 Å². The second-order valence-electron chi connectivity index (χ2n) is 8.81. The van der Waals surface area contributed by atoms with Crippen molar-refractivity contribution in [2.75, 3.05) is 19.1 Å². The van der Waals surface area contributed by atoms with Gasteiger partial charge in [-0.05, 0) is 54.5 Å². The SMILES string of the molecule is COc1ccc(N(C(=O)Cc2cccs2)C(C(=O)NC2CCCC2)c2ccccc2C)cc1OC. The summed E-state index contributed by atoms with van der Waals surface area (Å²) in [5.74, 6) is 0.735. The maximum Gasteiger partial charge on any atom is 0.248 e. The molecule has 6 nitrogen and oxygen atoms in total. The molecule has 1 aliphatic rings. The number of hydrogen-bond donors (Lipinski definition) is 1. The van der Waals surface area contributed by atoms with Crippen LogP contribution in [0.1, 0.15) is 47.7 Å². The average molecular weight is 493 g/mol. The van der Waals surface area contributed by atoms with Crippen LogP contribution in [-0.4, -0.2) is 32.1 Å². The number of methoxy groups -OCH3 is 2. The van der Waals surface area contributed by atoms with Crippen LogP contribution in [0.3, 0.4) is 0 Å². The lowest BCUT2D eigenvalue weighted by atomic mass is 9.97. The van der Waals surface area contributed by atoms with Crippen molar-refractivity contribution in [3.05, 3.63) is 76.0 Å².